The van der Waals surface area contributed by atoms with Crippen LogP contribution in [0.15, 0.2) is 72.9 Å². The summed E-state index contributed by atoms with van der Waals surface area (Å²) in [6, 6.07) is 20.7. The standard InChI is InChI=1S/C27H30N4O3/c1-20-11-12-25(28-19-20)30-27(33)21-13-16-31(17-14-21)18-15-26(32)29-23-9-5-6-10-24(23)34-22-7-3-2-4-8-22/h2-12,19,21H,13-18H2,1H3,(H,29,32)(H,28,30,33). The van der Waals surface area contributed by atoms with Gasteiger partial charge in [0.05, 0.1) is 5.69 Å². The summed E-state index contributed by atoms with van der Waals surface area (Å²) in [4.78, 5) is 31.6. The maximum atomic E-state index is 12.6. The number of rotatable bonds is 8. The number of aromatic nitrogens is 1. The molecule has 1 aliphatic rings. The van der Waals surface area contributed by atoms with Crippen molar-refractivity contribution in [2.24, 2.45) is 5.92 Å². The number of pyridine rings is 1. The van der Waals surface area contributed by atoms with Crippen LogP contribution in [0.2, 0.25) is 0 Å². The summed E-state index contributed by atoms with van der Waals surface area (Å²) in [5.41, 5.74) is 1.71. The second kappa shape index (κ2) is 11.4. The summed E-state index contributed by atoms with van der Waals surface area (Å²) < 4.78 is 5.92. The maximum absolute atomic E-state index is 12.6. The highest BCUT2D eigenvalue weighted by Gasteiger charge is 2.25. The fourth-order valence-electron chi connectivity index (χ4n) is 3.94. The Hall–Kier alpha value is -3.71. The van der Waals surface area contributed by atoms with Crippen LogP contribution in [0.5, 0.6) is 11.5 Å². The number of piperidine rings is 1. The number of para-hydroxylation sites is 3. The van der Waals surface area contributed by atoms with Crippen LogP contribution in [0.25, 0.3) is 0 Å². The predicted molar refractivity (Wildman–Crippen MR) is 133 cm³/mol. The van der Waals surface area contributed by atoms with Crippen LogP contribution in [0.3, 0.4) is 0 Å². The topological polar surface area (TPSA) is 83.6 Å². The Kier molecular flexibility index (Phi) is 7.88. The van der Waals surface area contributed by atoms with Gasteiger partial charge in [0.25, 0.3) is 0 Å². The lowest BCUT2D eigenvalue weighted by Gasteiger charge is -2.31. The molecule has 7 nitrogen and oxygen atoms in total. The average molecular weight is 459 g/mol. The van der Waals surface area contributed by atoms with Gasteiger partial charge in [0.15, 0.2) is 5.75 Å². The van der Waals surface area contributed by atoms with Gasteiger partial charge in [-0.15, -0.1) is 0 Å². The Morgan fingerprint density at radius 3 is 2.44 bits per heavy atom. The van der Waals surface area contributed by atoms with Crippen LogP contribution in [0.1, 0.15) is 24.8 Å². The zero-order chi connectivity index (χ0) is 23.8. The number of carbonyl (C=O) groups excluding carboxylic acids is 2. The highest BCUT2D eigenvalue weighted by molar-refractivity contribution is 5.92. The van der Waals surface area contributed by atoms with E-state index < -0.39 is 0 Å². The molecule has 0 radical (unpaired) electrons. The number of aryl methyl sites for hydroxylation is 1. The maximum Gasteiger partial charge on any atom is 0.228 e. The lowest BCUT2D eigenvalue weighted by Crippen LogP contribution is -2.39. The Morgan fingerprint density at radius 1 is 0.971 bits per heavy atom. The molecule has 2 N–H and O–H groups in total. The number of hydrogen-bond donors (Lipinski definition) is 2. The molecule has 176 valence electrons. The van der Waals surface area contributed by atoms with Gasteiger partial charge in [-0.1, -0.05) is 36.4 Å². The first-order valence-corrected chi connectivity index (χ1v) is 11.6. The number of carbonyl (C=O) groups is 2. The van der Waals surface area contributed by atoms with Crippen LogP contribution in [0.4, 0.5) is 11.5 Å². The normalized spacial score (nSPS) is 14.4. The van der Waals surface area contributed by atoms with E-state index in [1.54, 1.807) is 6.20 Å². The summed E-state index contributed by atoms with van der Waals surface area (Å²) in [7, 11) is 0. The van der Waals surface area contributed by atoms with Gasteiger partial charge in [-0.25, -0.2) is 4.98 Å². The molecule has 34 heavy (non-hydrogen) atoms. The molecule has 0 atom stereocenters. The molecule has 4 rings (SSSR count). The highest BCUT2D eigenvalue weighted by Crippen LogP contribution is 2.29. The van der Waals surface area contributed by atoms with Crippen molar-refractivity contribution in [1.82, 2.24) is 9.88 Å². The fraction of sp³-hybridized carbons (Fsp3) is 0.296. The van der Waals surface area contributed by atoms with Crippen LogP contribution in [-0.4, -0.2) is 41.3 Å². The molecule has 1 aliphatic heterocycles. The van der Waals surface area contributed by atoms with Crippen molar-refractivity contribution >= 4 is 23.3 Å². The van der Waals surface area contributed by atoms with E-state index in [9.17, 15) is 9.59 Å². The molecule has 2 amide bonds. The van der Waals surface area contributed by atoms with E-state index in [-0.39, 0.29) is 17.7 Å². The average Bonchev–Trinajstić information content (AvgIpc) is 2.86. The third kappa shape index (κ3) is 6.65. The molecule has 0 bridgehead atoms. The van der Waals surface area contributed by atoms with Gasteiger partial charge in [0, 0.05) is 25.1 Å². The number of amides is 2. The molecular formula is C27H30N4O3. The number of hydrogen-bond acceptors (Lipinski definition) is 5. The third-order valence-corrected chi connectivity index (χ3v) is 5.91. The minimum Gasteiger partial charge on any atom is -0.455 e. The number of likely N-dealkylation sites (tertiary alicyclic amines) is 1. The molecule has 2 aromatic carbocycles. The summed E-state index contributed by atoms with van der Waals surface area (Å²) in [5.74, 6) is 1.84. The van der Waals surface area contributed by atoms with Crippen LogP contribution in [-0.2, 0) is 9.59 Å². The van der Waals surface area contributed by atoms with Gasteiger partial charge in [0.2, 0.25) is 11.8 Å². The van der Waals surface area contributed by atoms with Crippen molar-refractivity contribution in [1.29, 1.82) is 0 Å². The molecule has 0 spiro atoms. The van der Waals surface area contributed by atoms with Gasteiger partial charge in [-0.3, -0.25) is 9.59 Å². The van der Waals surface area contributed by atoms with Gasteiger partial charge in [0.1, 0.15) is 11.6 Å². The van der Waals surface area contributed by atoms with Crippen molar-refractivity contribution in [3.05, 3.63) is 78.5 Å². The first-order chi connectivity index (χ1) is 16.6. The Morgan fingerprint density at radius 2 is 1.71 bits per heavy atom. The van der Waals surface area contributed by atoms with Crippen molar-refractivity contribution in [2.45, 2.75) is 26.2 Å². The number of ether oxygens (including phenoxy) is 1. The van der Waals surface area contributed by atoms with Gasteiger partial charge in [-0.05, 0) is 68.8 Å². The Bertz CT molecular complexity index is 1090. The van der Waals surface area contributed by atoms with E-state index >= 15 is 0 Å². The van der Waals surface area contributed by atoms with Crippen molar-refractivity contribution < 1.29 is 14.3 Å². The van der Waals surface area contributed by atoms with E-state index in [4.69, 9.17) is 4.74 Å². The van der Waals surface area contributed by atoms with E-state index in [0.29, 0.717) is 36.0 Å². The first-order valence-electron chi connectivity index (χ1n) is 11.6. The first kappa shape index (κ1) is 23.4. The molecule has 1 saturated heterocycles. The van der Waals surface area contributed by atoms with Crippen LogP contribution >= 0.6 is 0 Å². The molecule has 0 unspecified atom stereocenters. The summed E-state index contributed by atoms with van der Waals surface area (Å²) >= 11 is 0. The van der Waals surface area contributed by atoms with Crippen molar-refractivity contribution in [3.8, 4) is 11.5 Å². The molecular weight excluding hydrogens is 428 g/mol. The lowest BCUT2D eigenvalue weighted by atomic mass is 9.96. The zero-order valence-corrected chi connectivity index (χ0v) is 19.4. The second-order valence-electron chi connectivity index (χ2n) is 8.54. The quantitative estimate of drug-likeness (QED) is 0.504. The summed E-state index contributed by atoms with van der Waals surface area (Å²) in [6.45, 7) is 4.20. The minimum absolute atomic E-state index is 0.0174. The fourth-order valence-corrected chi connectivity index (χ4v) is 3.94. The van der Waals surface area contributed by atoms with Crippen molar-refractivity contribution in [2.75, 3.05) is 30.3 Å². The number of nitrogens with one attached hydrogen (secondary N) is 2. The second-order valence-corrected chi connectivity index (χ2v) is 8.54. The van der Waals surface area contributed by atoms with Crippen molar-refractivity contribution in [3.63, 3.8) is 0 Å². The molecule has 0 aliphatic carbocycles. The molecule has 3 aromatic rings. The van der Waals surface area contributed by atoms with Crippen LogP contribution in [0, 0.1) is 12.8 Å². The smallest absolute Gasteiger partial charge is 0.228 e. The van der Waals surface area contributed by atoms with Crippen LogP contribution < -0.4 is 15.4 Å². The lowest BCUT2D eigenvalue weighted by molar-refractivity contribution is -0.121. The van der Waals surface area contributed by atoms with Gasteiger partial charge >= 0.3 is 0 Å². The molecule has 1 fully saturated rings. The monoisotopic (exact) mass is 458 g/mol. The Balaban J connectivity index is 1.21. The van der Waals surface area contributed by atoms with Gasteiger partial charge in [-0.2, -0.15) is 0 Å². The van der Waals surface area contributed by atoms with Gasteiger partial charge < -0.3 is 20.3 Å². The number of anilines is 2. The highest BCUT2D eigenvalue weighted by atomic mass is 16.5. The van der Waals surface area contributed by atoms with E-state index in [0.717, 1.165) is 31.5 Å². The zero-order valence-electron chi connectivity index (χ0n) is 19.4. The van der Waals surface area contributed by atoms with E-state index in [2.05, 4.69) is 20.5 Å². The largest absolute Gasteiger partial charge is 0.455 e. The Labute approximate surface area is 200 Å². The molecule has 7 heteroatoms. The SMILES string of the molecule is Cc1ccc(NC(=O)C2CCN(CCC(=O)Nc3ccccc3Oc3ccccc3)CC2)nc1. The minimum atomic E-state index is -0.0607. The van der Waals surface area contributed by atoms with E-state index in [1.165, 1.54) is 0 Å². The molecule has 0 saturated carbocycles. The third-order valence-electron chi connectivity index (χ3n) is 5.91. The summed E-state index contributed by atoms with van der Waals surface area (Å²) in [5, 5.41) is 5.88. The molecule has 2 heterocycles. The van der Waals surface area contributed by atoms with E-state index in [1.807, 2.05) is 73.7 Å². The number of benzene rings is 2. The predicted octanol–water partition coefficient (Wildman–Crippen LogP) is 4.86. The summed E-state index contributed by atoms with van der Waals surface area (Å²) in [6.07, 6.45) is 3.67. The molecule has 1 aromatic heterocycles. The number of nitrogens with zero attached hydrogens (tertiary/aromatic N) is 2.